The van der Waals surface area contributed by atoms with E-state index in [1.54, 1.807) is 16.8 Å². The van der Waals surface area contributed by atoms with E-state index in [-0.39, 0.29) is 5.69 Å². The van der Waals surface area contributed by atoms with Crippen LogP contribution >= 0.6 is 0 Å². The molecule has 0 aliphatic heterocycles. The SMILES string of the molecule is Cc1ccc(-n2nc(CN)cc2-c2cccc([N+](=O)[O-])c2)cc1C. The number of hydrogen-bond donors (Lipinski definition) is 1. The lowest BCUT2D eigenvalue weighted by atomic mass is 10.1. The minimum atomic E-state index is -0.399. The van der Waals surface area contributed by atoms with Crippen molar-refractivity contribution >= 4 is 5.69 Å². The Labute approximate surface area is 139 Å². The van der Waals surface area contributed by atoms with Gasteiger partial charge in [-0.15, -0.1) is 0 Å². The summed E-state index contributed by atoms with van der Waals surface area (Å²) in [5, 5.41) is 15.6. The third-order valence-electron chi connectivity index (χ3n) is 4.06. The third kappa shape index (κ3) is 2.91. The minimum Gasteiger partial charge on any atom is -0.325 e. The Morgan fingerprint density at radius 1 is 1.12 bits per heavy atom. The lowest BCUT2D eigenvalue weighted by Crippen LogP contribution is -2.02. The molecule has 1 aromatic heterocycles. The van der Waals surface area contributed by atoms with Crippen molar-refractivity contribution in [3.63, 3.8) is 0 Å². The zero-order chi connectivity index (χ0) is 17.3. The van der Waals surface area contributed by atoms with Crippen molar-refractivity contribution in [3.8, 4) is 16.9 Å². The second-order valence-corrected chi connectivity index (χ2v) is 5.71. The molecule has 0 saturated carbocycles. The van der Waals surface area contributed by atoms with Crippen LogP contribution in [0.25, 0.3) is 16.9 Å². The first-order valence-electron chi connectivity index (χ1n) is 7.61. The number of non-ortho nitro benzene ring substituents is 1. The maximum atomic E-state index is 11.0. The van der Waals surface area contributed by atoms with Crippen LogP contribution < -0.4 is 5.73 Å². The molecule has 3 rings (SSSR count). The first-order valence-corrected chi connectivity index (χ1v) is 7.61. The Morgan fingerprint density at radius 2 is 1.92 bits per heavy atom. The van der Waals surface area contributed by atoms with Crippen LogP contribution in [0.3, 0.4) is 0 Å². The number of rotatable bonds is 4. The van der Waals surface area contributed by atoms with Gasteiger partial charge >= 0.3 is 0 Å². The van der Waals surface area contributed by atoms with E-state index in [4.69, 9.17) is 5.73 Å². The van der Waals surface area contributed by atoms with E-state index in [9.17, 15) is 10.1 Å². The molecule has 0 unspecified atom stereocenters. The fraction of sp³-hybridized carbons (Fsp3) is 0.167. The maximum Gasteiger partial charge on any atom is 0.270 e. The molecule has 0 spiro atoms. The molecule has 6 nitrogen and oxygen atoms in total. The molecule has 2 aromatic carbocycles. The first kappa shape index (κ1) is 15.9. The molecule has 2 N–H and O–H groups in total. The highest BCUT2D eigenvalue weighted by Crippen LogP contribution is 2.27. The van der Waals surface area contributed by atoms with E-state index in [0.717, 1.165) is 28.2 Å². The molecule has 3 aromatic rings. The number of aromatic nitrogens is 2. The standard InChI is InChI=1S/C18H18N4O2/c1-12-6-7-16(8-13(12)2)21-18(10-15(11-19)20-21)14-4-3-5-17(9-14)22(23)24/h3-10H,11,19H2,1-2H3. The lowest BCUT2D eigenvalue weighted by Gasteiger charge is -2.10. The van der Waals surface area contributed by atoms with E-state index in [1.165, 1.54) is 11.6 Å². The number of aryl methyl sites for hydroxylation is 2. The number of nitro groups is 1. The highest BCUT2D eigenvalue weighted by atomic mass is 16.6. The second kappa shape index (κ2) is 6.25. The zero-order valence-corrected chi connectivity index (χ0v) is 13.6. The predicted molar refractivity (Wildman–Crippen MR) is 93.0 cm³/mol. The summed E-state index contributed by atoms with van der Waals surface area (Å²) in [5.74, 6) is 0. The van der Waals surface area contributed by atoms with E-state index < -0.39 is 4.92 Å². The number of nitrogens with two attached hydrogens (primary N) is 1. The Bertz CT molecular complexity index is 915. The summed E-state index contributed by atoms with van der Waals surface area (Å²) in [6.07, 6.45) is 0. The van der Waals surface area contributed by atoms with E-state index in [1.807, 2.05) is 37.3 Å². The average molecular weight is 322 g/mol. The van der Waals surface area contributed by atoms with Crippen molar-refractivity contribution in [3.05, 3.63) is 75.5 Å². The van der Waals surface area contributed by atoms with Crippen molar-refractivity contribution in [2.45, 2.75) is 20.4 Å². The van der Waals surface area contributed by atoms with Gasteiger partial charge in [0.25, 0.3) is 5.69 Å². The molecular weight excluding hydrogens is 304 g/mol. The molecule has 122 valence electrons. The minimum absolute atomic E-state index is 0.0506. The number of nitrogens with zero attached hydrogens (tertiary/aromatic N) is 3. The van der Waals surface area contributed by atoms with Gasteiger partial charge in [-0.1, -0.05) is 18.2 Å². The molecule has 0 aliphatic rings. The van der Waals surface area contributed by atoms with Gasteiger partial charge in [0, 0.05) is 24.2 Å². The van der Waals surface area contributed by atoms with Crippen LogP contribution in [-0.2, 0) is 6.54 Å². The molecule has 24 heavy (non-hydrogen) atoms. The summed E-state index contributed by atoms with van der Waals surface area (Å²) >= 11 is 0. The van der Waals surface area contributed by atoms with Gasteiger partial charge in [-0.25, -0.2) is 4.68 Å². The molecule has 0 atom stereocenters. The monoisotopic (exact) mass is 322 g/mol. The molecule has 0 bridgehead atoms. The highest BCUT2D eigenvalue weighted by molar-refractivity contribution is 5.65. The van der Waals surface area contributed by atoms with Crippen LogP contribution in [0, 0.1) is 24.0 Å². The Balaban J connectivity index is 2.18. The Morgan fingerprint density at radius 3 is 2.58 bits per heavy atom. The zero-order valence-electron chi connectivity index (χ0n) is 13.6. The van der Waals surface area contributed by atoms with E-state index >= 15 is 0 Å². The molecule has 0 fully saturated rings. The summed E-state index contributed by atoms with van der Waals surface area (Å²) in [6, 6.07) is 14.5. The van der Waals surface area contributed by atoms with Gasteiger partial charge in [-0.3, -0.25) is 10.1 Å². The van der Waals surface area contributed by atoms with Gasteiger partial charge < -0.3 is 5.73 Å². The molecule has 0 radical (unpaired) electrons. The van der Waals surface area contributed by atoms with E-state index in [2.05, 4.69) is 12.0 Å². The maximum absolute atomic E-state index is 11.0. The Kier molecular flexibility index (Phi) is 4.14. The van der Waals surface area contributed by atoms with Crippen LogP contribution in [-0.4, -0.2) is 14.7 Å². The number of nitro benzene ring substituents is 1. The van der Waals surface area contributed by atoms with E-state index in [0.29, 0.717) is 6.54 Å². The molecule has 0 amide bonds. The van der Waals surface area contributed by atoms with Gasteiger partial charge in [-0.2, -0.15) is 5.10 Å². The highest BCUT2D eigenvalue weighted by Gasteiger charge is 2.14. The predicted octanol–water partition coefficient (Wildman–Crippen LogP) is 3.52. The van der Waals surface area contributed by atoms with Gasteiger partial charge in [0.05, 0.1) is 22.0 Å². The second-order valence-electron chi connectivity index (χ2n) is 5.71. The number of hydrogen-bond acceptors (Lipinski definition) is 4. The van der Waals surface area contributed by atoms with Crippen molar-refractivity contribution in [1.29, 1.82) is 0 Å². The van der Waals surface area contributed by atoms with Crippen molar-refractivity contribution in [1.82, 2.24) is 9.78 Å². The molecule has 6 heteroatoms. The third-order valence-corrected chi connectivity index (χ3v) is 4.06. The topological polar surface area (TPSA) is 87.0 Å². The molecular formula is C18H18N4O2. The summed E-state index contributed by atoms with van der Waals surface area (Å²) in [6.45, 7) is 4.40. The summed E-state index contributed by atoms with van der Waals surface area (Å²) in [7, 11) is 0. The van der Waals surface area contributed by atoms with Crippen LogP contribution in [0.4, 0.5) is 5.69 Å². The fourth-order valence-electron chi connectivity index (χ4n) is 2.57. The lowest BCUT2D eigenvalue weighted by molar-refractivity contribution is -0.384. The van der Waals surface area contributed by atoms with Gasteiger partial charge in [0.2, 0.25) is 0 Å². The smallest absolute Gasteiger partial charge is 0.270 e. The summed E-state index contributed by atoms with van der Waals surface area (Å²) in [5.41, 5.74) is 11.3. The van der Waals surface area contributed by atoms with Crippen LogP contribution in [0.2, 0.25) is 0 Å². The van der Waals surface area contributed by atoms with Crippen LogP contribution in [0.5, 0.6) is 0 Å². The van der Waals surface area contributed by atoms with Crippen molar-refractivity contribution < 1.29 is 4.92 Å². The average Bonchev–Trinajstić information content (AvgIpc) is 3.02. The Hall–Kier alpha value is -2.99. The fourth-order valence-corrected chi connectivity index (χ4v) is 2.57. The summed E-state index contributed by atoms with van der Waals surface area (Å²) in [4.78, 5) is 10.6. The molecule has 1 heterocycles. The van der Waals surface area contributed by atoms with Gasteiger partial charge in [-0.05, 0) is 43.2 Å². The summed E-state index contributed by atoms with van der Waals surface area (Å²) < 4.78 is 1.79. The van der Waals surface area contributed by atoms with Gasteiger partial charge in [0.1, 0.15) is 0 Å². The normalized spacial score (nSPS) is 10.8. The quantitative estimate of drug-likeness (QED) is 0.588. The van der Waals surface area contributed by atoms with Crippen molar-refractivity contribution in [2.75, 3.05) is 0 Å². The first-order chi connectivity index (χ1) is 11.5. The van der Waals surface area contributed by atoms with Crippen molar-refractivity contribution in [2.24, 2.45) is 5.73 Å². The molecule has 0 aliphatic carbocycles. The van der Waals surface area contributed by atoms with Crippen LogP contribution in [0.1, 0.15) is 16.8 Å². The number of benzene rings is 2. The molecule has 0 saturated heterocycles. The van der Waals surface area contributed by atoms with Gasteiger partial charge in [0.15, 0.2) is 0 Å². The van der Waals surface area contributed by atoms with Crippen LogP contribution in [0.15, 0.2) is 48.5 Å². The largest absolute Gasteiger partial charge is 0.325 e.